The summed E-state index contributed by atoms with van der Waals surface area (Å²) in [5.74, 6) is 1.66. The standard InChI is InChI=1S/C30H31N7O4/c1-18-28-27(33-30(37(28)12-11-31-18)36-14-13-34(2)26(38)17-36)19-9-10-21(25(15-19)41-5)32-29(39)23-16-20-22(35(23)3)7-6-8-24(20)40-4/h6-12,15-16H,13-14,17H2,1-5H3,(H,32,39). The minimum absolute atomic E-state index is 0.0478. The van der Waals surface area contributed by atoms with E-state index in [0.717, 1.165) is 27.7 Å². The van der Waals surface area contributed by atoms with Gasteiger partial charge in [-0.1, -0.05) is 12.1 Å². The largest absolute Gasteiger partial charge is 0.496 e. The summed E-state index contributed by atoms with van der Waals surface area (Å²) in [5.41, 5.74) is 5.08. The average molecular weight is 554 g/mol. The SMILES string of the molecule is COc1cc(-c2nc(N3CCN(C)C(=O)C3)n3ccnc(C)c23)ccc1NC(=O)c1cc2c(OC)cccc2n1C. The van der Waals surface area contributed by atoms with Crippen molar-refractivity contribution in [3.8, 4) is 22.8 Å². The van der Waals surface area contributed by atoms with Crippen LogP contribution in [-0.2, 0) is 11.8 Å². The summed E-state index contributed by atoms with van der Waals surface area (Å²) in [6.45, 7) is 3.49. The third-order valence-electron chi connectivity index (χ3n) is 7.68. The topological polar surface area (TPSA) is 106 Å². The second-order valence-electron chi connectivity index (χ2n) is 10.1. The number of amides is 2. The van der Waals surface area contributed by atoms with Crippen LogP contribution >= 0.6 is 0 Å². The monoisotopic (exact) mass is 553 g/mol. The third-order valence-corrected chi connectivity index (χ3v) is 7.68. The molecule has 0 spiro atoms. The van der Waals surface area contributed by atoms with E-state index >= 15 is 0 Å². The number of carbonyl (C=O) groups excluding carboxylic acids is 2. The number of aryl methyl sites for hydroxylation is 2. The lowest BCUT2D eigenvalue weighted by Crippen LogP contribution is -2.49. The van der Waals surface area contributed by atoms with E-state index in [1.807, 2.05) is 83.5 Å². The maximum absolute atomic E-state index is 13.4. The Hall–Kier alpha value is -5.06. The lowest BCUT2D eigenvalue weighted by atomic mass is 10.1. The highest BCUT2D eigenvalue weighted by Gasteiger charge is 2.27. The van der Waals surface area contributed by atoms with E-state index in [9.17, 15) is 9.59 Å². The van der Waals surface area contributed by atoms with Gasteiger partial charge in [0.2, 0.25) is 11.9 Å². The fourth-order valence-corrected chi connectivity index (χ4v) is 5.39. The number of hydrogen-bond acceptors (Lipinski definition) is 7. The Morgan fingerprint density at radius 1 is 1.02 bits per heavy atom. The van der Waals surface area contributed by atoms with Crippen LogP contribution in [0.25, 0.3) is 27.7 Å². The van der Waals surface area contributed by atoms with Crippen LogP contribution in [0.1, 0.15) is 16.2 Å². The van der Waals surface area contributed by atoms with Crippen LogP contribution in [0, 0.1) is 6.92 Å². The van der Waals surface area contributed by atoms with Gasteiger partial charge in [-0.15, -0.1) is 0 Å². The normalized spacial score (nSPS) is 13.7. The van der Waals surface area contributed by atoms with Crippen LogP contribution in [0.2, 0.25) is 0 Å². The predicted octanol–water partition coefficient (Wildman–Crippen LogP) is 3.74. The first-order chi connectivity index (χ1) is 19.8. The molecule has 0 aliphatic carbocycles. The van der Waals surface area contributed by atoms with E-state index in [1.54, 1.807) is 25.3 Å². The van der Waals surface area contributed by atoms with Crippen molar-refractivity contribution in [2.24, 2.45) is 7.05 Å². The van der Waals surface area contributed by atoms with Gasteiger partial charge < -0.3 is 29.2 Å². The molecule has 0 unspecified atom stereocenters. The van der Waals surface area contributed by atoms with Crippen molar-refractivity contribution < 1.29 is 19.1 Å². The fraction of sp³-hybridized carbons (Fsp3) is 0.267. The summed E-state index contributed by atoms with van der Waals surface area (Å²) in [5, 5.41) is 3.86. The molecular weight excluding hydrogens is 522 g/mol. The molecule has 210 valence electrons. The number of piperazine rings is 1. The highest BCUT2D eigenvalue weighted by Crippen LogP contribution is 2.36. The second kappa shape index (κ2) is 10.2. The number of nitrogens with zero attached hydrogens (tertiary/aromatic N) is 6. The summed E-state index contributed by atoms with van der Waals surface area (Å²) >= 11 is 0. The zero-order valence-corrected chi connectivity index (χ0v) is 23.6. The smallest absolute Gasteiger partial charge is 0.272 e. The van der Waals surface area contributed by atoms with Crippen LogP contribution < -0.4 is 19.7 Å². The number of rotatable bonds is 6. The lowest BCUT2D eigenvalue weighted by molar-refractivity contribution is -0.129. The molecule has 1 aliphatic rings. The van der Waals surface area contributed by atoms with E-state index in [4.69, 9.17) is 14.5 Å². The summed E-state index contributed by atoms with van der Waals surface area (Å²) in [6.07, 6.45) is 3.60. The molecule has 41 heavy (non-hydrogen) atoms. The first-order valence-electron chi connectivity index (χ1n) is 13.3. The molecule has 0 bridgehead atoms. The van der Waals surface area contributed by atoms with Gasteiger partial charge in [-0.05, 0) is 37.3 Å². The predicted molar refractivity (Wildman–Crippen MR) is 157 cm³/mol. The van der Waals surface area contributed by atoms with E-state index in [-0.39, 0.29) is 18.4 Å². The number of carbonyl (C=O) groups is 2. The average Bonchev–Trinajstić information content (AvgIpc) is 3.54. The number of hydrogen-bond donors (Lipinski definition) is 1. The van der Waals surface area contributed by atoms with Crippen LogP contribution in [0.5, 0.6) is 11.5 Å². The van der Waals surface area contributed by atoms with Crippen molar-refractivity contribution in [3.05, 3.63) is 66.2 Å². The van der Waals surface area contributed by atoms with Gasteiger partial charge in [0.1, 0.15) is 22.9 Å². The molecule has 1 N–H and O–H groups in total. The Kier molecular flexibility index (Phi) is 6.49. The maximum Gasteiger partial charge on any atom is 0.272 e. The Labute approximate surface area is 236 Å². The number of aromatic nitrogens is 4. The van der Waals surface area contributed by atoms with Gasteiger partial charge in [-0.2, -0.15) is 0 Å². The highest BCUT2D eigenvalue weighted by molar-refractivity contribution is 6.08. The van der Waals surface area contributed by atoms with Gasteiger partial charge >= 0.3 is 0 Å². The summed E-state index contributed by atoms with van der Waals surface area (Å²) in [4.78, 5) is 39.0. The second-order valence-corrected chi connectivity index (χ2v) is 10.1. The van der Waals surface area contributed by atoms with Gasteiger partial charge in [-0.3, -0.25) is 19.0 Å². The number of nitrogens with one attached hydrogen (secondary N) is 1. The van der Waals surface area contributed by atoms with Gasteiger partial charge in [0.25, 0.3) is 5.91 Å². The first-order valence-corrected chi connectivity index (χ1v) is 13.3. The van der Waals surface area contributed by atoms with Crippen molar-refractivity contribution in [3.63, 3.8) is 0 Å². The third kappa shape index (κ3) is 4.39. The number of likely N-dealkylation sites (N-methyl/N-ethyl adjacent to an activating group) is 1. The molecule has 2 aromatic carbocycles. The van der Waals surface area contributed by atoms with Crippen LogP contribution in [0.15, 0.2) is 54.9 Å². The quantitative estimate of drug-likeness (QED) is 0.341. The Bertz CT molecular complexity index is 1820. The van der Waals surface area contributed by atoms with E-state index in [0.29, 0.717) is 47.6 Å². The number of anilines is 2. The molecule has 1 aliphatic heterocycles. The number of imidazole rings is 1. The fourth-order valence-electron chi connectivity index (χ4n) is 5.39. The molecule has 1 saturated heterocycles. The molecule has 2 amide bonds. The molecule has 0 saturated carbocycles. The zero-order chi connectivity index (χ0) is 28.8. The van der Waals surface area contributed by atoms with E-state index in [1.165, 1.54) is 0 Å². The first kappa shape index (κ1) is 26.2. The molecule has 4 heterocycles. The molecule has 3 aromatic heterocycles. The number of ether oxygens (including phenoxy) is 2. The van der Waals surface area contributed by atoms with Crippen molar-refractivity contribution in [2.75, 3.05) is 51.1 Å². The molecule has 11 heteroatoms. The maximum atomic E-state index is 13.4. The Morgan fingerprint density at radius 3 is 2.59 bits per heavy atom. The summed E-state index contributed by atoms with van der Waals surface area (Å²) < 4.78 is 15.0. The van der Waals surface area contributed by atoms with Crippen LogP contribution in [0.4, 0.5) is 11.6 Å². The lowest BCUT2D eigenvalue weighted by Gasteiger charge is -2.32. The van der Waals surface area contributed by atoms with Gasteiger partial charge in [-0.25, -0.2) is 4.98 Å². The molecule has 5 aromatic rings. The van der Waals surface area contributed by atoms with Crippen molar-refractivity contribution in [1.29, 1.82) is 0 Å². The van der Waals surface area contributed by atoms with Gasteiger partial charge in [0, 0.05) is 50.5 Å². The van der Waals surface area contributed by atoms with Crippen molar-refractivity contribution in [2.45, 2.75) is 6.92 Å². The number of benzene rings is 2. The van der Waals surface area contributed by atoms with Crippen LogP contribution in [0.3, 0.4) is 0 Å². The molecular formula is C30H31N7O4. The highest BCUT2D eigenvalue weighted by atomic mass is 16.5. The minimum Gasteiger partial charge on any atom is -0.496 e. The summed E-state index contributed by atoms with van der Waals surface area (Å²) in [6, 6.07) is 13.1. The van der Waals surface area contributed by atoms with Crippen molar-refractivity contribution in [1.82, 2.24) is 23.8 Å². The minimum atomic E-state index is -0.272. The number of fused-ring (bicyclic) bond motifs is 2. The van der Waals surface area contributed by atoms with Crippen molar-refractivity contribution >= 4 is 39.9 Å². The molecule has 6 rings (SSSR count). The number of methoxy groups -OCH3 is 2. The van der Waals surface area contributed by atoms with E-state index in [2.05, 4.69) is 10.3 Å². The van der Waals surface area contributed by atoms with Crippen LogP contribution in [-0.4, -0.2) is 76.6 Å². The molecule has 0 radical (unpaired) electrons. The zero-order valence-electron chi connectivity index (χ0n) is 23.6. The van der Waals surface area contributed by atoms with Gasteiger partial charge in [0.15, 0.2) is 0 Å². The molecule has 11 nitrogen and oxygen atoms in total. The van der Waals surface area contributed by atoms with E-state index < -0.39 is 0 Å². The molecule has 0 atom stereocenters. The Balaban J connectivity index is 1.36. The Morgan fingerprint density at radius 2 is 1.83 bits per heavy atom. The summed E-state index contributed by atoms with van der Waals surface area (Å²) in [7, 11) is 6.84. The van der Waals surface area contributed by atoms with Gasteiger partial charge in [0.05, 0.1) is 43.2 Å². The molecule has 1 fully saturated rings.